The van der Waals surface area contributed by atoms with Gasteiger partial charge in [0.15, 0.2) is 9.84 Å². The highest BCUT2D eigenvalue weighted by molar-refractivity contribution is 9.11. The molecule has 0 radical (unpaired) electrons. The van der Waals surface area contributed by atoms with Crippen LogP contribution in [0.15, 0.2) is 22.0 Å². The summed E-state index contributed by atoms with van der Waals surface area (Å²) in [6, 6.07) is 5.16. The molecule has 0 aromatic carbocycles. The van der Waals surface area contributed by atoms with E-state index in [1.54, 1.807) is 10.7 Å². The van der Waals surface area contributed by atoms with Gasteiger partial charge in [0.05, 0.1) is 31.9 Å². The van der Waals surface area contributed by atoms with E-state index in [2.05, 4.69) is 26.3 Å². The summed E-state index contributed by atoms with van der Waals surface area (Å²) < 4.78 is 26.2. The predicted octanol–water partition coefficient (Wildman–Crippen LogP) is 3.62. The molecule has 2 aromatic rings. The lowest BCUT2D eigenvalue weighted by Gasteiger charge is -2.15. The van der Waals surface area contributed by atoms with Crippen LogP contribution in [0.5, 0.6) is 0 Å². The third-order valence-electron chi connectivity index (χ3n) is 4.10. The number of anilines is 1. The van der Waals surface area contributed by atoms with Crippen LogP contribution in [0.2, 0.25) is 0 Å². The van der Waals surface area contributed by atoms with Crippen molar-refractivity contribution in [1.29, 1.82) is 0 Å². The Morgan fingerprint density at radius 1 is 1.40 bits per heavy atom. The molecule has 1 aliphatic heterocycles. The van der Waals surface area contributed by atoms with Gasteiger partial charge >= 0.3 is 0 Å². The van der Waals surface area contributed by atoms with Gasteiger partial charge in [-0.3, -0.25) is 4.79 Å². The maximum Gasteiger partial charge on any atom is 0.266 e. The molecule has 1 saturated heterocycles. The second kappa shape index (κ2) is 6.51. The van der Waals surface area contributed by atoms with Gasteiger partial charge in [-0.05, 0) is 34.5 Å². The Balaban J connectivity index is 1.94. The van der Waals surface area contributed by atoms with E-state index in [0.717, 1.165) is 9.48 Å². The van der Waals surface area contributed by atoms with Crippen molar-refractivity contribution in [3.05, 3.63) is 32.6 Å². The Morgan fingerprint density at radius 3 is 2.64 bits per heavy atom. The third-order valence-corrected chi connectivity index (χ3v) is 7.47. The lowest BCUT2D eigenvalue weighted by atomic mass is 9.92. The van der Waals surface area contributed by atoms with Gasteiger partial charge in [-0.1, -0.05) is 20.8 Å². The van der Waals surface area contributed by atoms with E-state index < -0.39 is 9.84 Å². The lowest BCUT2D eigenvalue weighted by molar-refractivity contribution is 0.102. The first-order chi connectivity index (χ1) is 11.5. The summed E-state index contributed by atoms with van der Waals surface area (Å²) in [6.07, 6.45) is 0.515. The number of hydrogen-bond acceptors (Lipinski definition) is 5. The summed E-state index contributed by atoms with van der Waals surface area (Å²) in [5.41, 5.74) is 0.619. The lowest BCUT2D eigenvalue weighted by Crippen LogP contribution is -2.19. The van der Waals surface area contributed by atoms with Crippen LogP contribution >= 0.6 is 27.3 Å². The maximum atomic E-state index is 12.5. The van der Waals surface area contributed by atoms with Gasteiger partial charge in [-0.2, -0.15) is 5.10 Å². The van der Waals surface area contributed by atoms with Crippen molar-refractivity contribution >= 4 is 48.8 Å². The molecule has 1 fully saturated rings. The molecule has 0 spiro atoms. The van der Waals surface area contributed by atoms with Crippen LogP contribution in [0.3, 0.4) is 0 Å². The number of halogens is 1. The smallest absolute Gasteiger partial charge is 0.266 e. The van der Waals surface area contributed by atoms with E-state index in [1.165, 1.54) is 11.3 Å². The molecule has 136 valence electrons. The van der Waals surface area contributed by atoms with E-state index in [-0.39, 0.29) is 28.9 Å². The average Bonchev–Trinajstić information content (AvgIpc) is 3.16. The molecule has 1 atom stereocenters. The van der Waals surface area contributed by atoms with Gasteiger partial charge in [-0.15, -0.1) is 11.3 Å². The quantitative estimate of drug-likeness (QED) is 0.781. The Kier molecular flexibility index (Phi) is 4.85. The molecule has 0 aliphatic carbocycles. The molecular formula is C16H20BrN3O3S2. The molecule has 6 nitrogen and oxygen atoms in total. The van der Waals surface area contributed by atoms with Crippen molar-refractivity contribution in [1.82, 2.24) is 9.78 Å². The first kappa shape index (κ1) is 18.6. The largest absolute Gasteiger partial charge is 0.306 e. The van der Waals surface area contributed by atoms with E-state index in [1.807, 2.05) is 32.9 Å². The third kappa shape index (κ3) is 4.15. The minimum Gasteiger partial charge on any atom is -0.306 e. The zero-order chi connectivity index (χ0) is 18.4. The van der Waals surface area contributed by atoms with Gasteiger partial charge in [-0.25, -0.2) is 13.1 Å². The number of nitrogens with zero attached hydrogens (tertiary/aromatic N) is 2. The van der Waals surface area contributed by atoms with Crippen LogP contribution in [0, 0.1) is 0 Å². The number of amides is 1. The van der Waals surface area contributed by atoms with Crippen LogP contribution in [0.4, 0.5) is 5.82 Å². The highest BCUT2D eigenvalue weighted by Gasteiger charge is 2.33. The van der Waals surface area contributed by atoms with Crippen LogP contribution in [-0.4, -0.2) is 35.6 Å². The Labute approximate surface area is 159 Å². The predicted molar refractivity (Wildman–Crippen MR) is 103 cm³/mol. The summed E-state index contributed by atoms with van der Waals surface area (Å²) in [5, 5.41) is 7.51. The van der Waals surface area contributed by atoms with E-state index in [9.17, 15) is 13.2 Å². The standard InChI is InChI=1S/C16H20BrN3O3S2/c1-16(2,3)12-8-14(18-15(21)11-4-5-13(17)24-11)20(19-12)10-6-7-25(22,23)9-10/h4-5,8,10H,6-7,9H2,1-3H3,(H,18,21)/t10-/m1/s1. The van der Waals surface area contributed by atoms with E-state index in [4.69, 9.17) is 0 Å². The van der Waals surface area contributed by atoms with E-state index >= 15 is 0 Å². The Bertz CT molecular complexity index is 909. The monoisotopic (exact) mass is 445 g/mol. The van der Waals surface area contributed by atoms with E-state index in [0.29, 0.717) is 17.1 Å². The maximum absolute atomic E-state index is 12.5. The van der Waals surface area contributed by atoms with Crippen molar-refractivity contribution < 1.29 is 13.2 Å². The summed E-state index contributed by atoms with van der Waals surface area (Å²) >= 11 is 4.70. The number of sulfone groups is 1. The SMILES string of the molecule is CC(C)(C)c1cc(NC(=O)c2ccc(Br)s2)n([C@@H]2CCS(=O)(=O)C2)n1. The minimum atomic E-state index is -3.04. The minimum absolute atomic E-state index is 0.0612. The average molecular weight is 446 g/mol. The highest BCUT2D eigenvalue weighted by atomic mass is 79.9. The van der Waals surface area contributed by atoms with Gasteiger partial charge < -0.3 is 5.32 Å². The van der Waals surface area contributed by atoms with Crippen molar-refractivity contribution in [2.45, 2.75) is 38.6 Å². The molecule has 9 heteroatoms. The number of aromatic nitrogens is 2. The Hall–Kier alpha value is -1.19. The number of rotatable bonds is 3. The zero-order valence-corrected chi connectivity index (χ0v) is 17.5. The zero-order valence-electron chi connectivity index (χ0n) is 14.2. The first-order valence-electron chi connectivity index (χ1n) is 7.92. The molecule has 0 unspecified atom stereocenters. The molecule has 0 saturated carbocycles. The van der Waals surface area contributed by atoms with Crippen molar-refractivity contribution in [3.8, 4) is 0 Å². The molecule has 3 rings (SSSR count). The summed E-state index contributed by atoms with van der Waals surface area (Å²) in [5.74, 6) is 0.541. The van der Waals surface area contributed by atoms with Crippen molar-refractivity contribution in [2.24, 2.45) is 0 Å². The van der Waals surface area contributed by atoms with Crippen LogP contribution in [0.1, 0.15) is 48.6 Å². The number of hydrogen-bond donors (Lipinski definition) is 1. The summed E-state index contributed by atoms with van der Waals surface area (Å²) in [6.45, 7) is 6.10. The molecule has 1 N–H and O–H groups in total. The number of nitrogens with one attached hydrogen (secondary N) is 1. The molecule has 1 amide bonds. The molecule has 1 aliphatic rings. The molecular weight excluding hydrogens is 426 g/mol. The van der Waals surface area contributed by atoms with Gasteiger partial charge in [0.1, 0.15) is 5.82 Å². The van der Waals surface area contributed by atoms with Crippen LogP contribution < -0.4 is 5.32 Å². The van der Waals surface area contributed by atoms with Crippen molar-refractivity contribution in [3.63, 3.8) is 0 Å². The van der Waals surface area contributed by atoms with Crippen molar-refractivity contribution in [2.75, 3.05) is 16.8 Å². The normalized spacial score (nSPS) is 19.9. The summed E-state index contributed by atoms with van der Waals surface area (Å²) in [7, 11) is -3.04. The fraction of sp³-hybridized carbons (Fsp3) is 0.500. The molecule has 25 heavy (non-hydrogen) atoms. The molecule has 2 aromatic heterocycles. The first-order valence-corrected chi connectivity index (χ1v) is 11.4. The van der Waals surface area contributed by atoms with Crippen LogP contribution in [-0.2, 0) is 15.3 Å². The second-order valence-electron chi connectivity index (χ2n) is 7.22. The second-order valence-corrected chi connectivity index (χ2v) is 11.9. The van der Waals surface area contributed by atoms with Gasteiger partial charge in [0.2, 0.25) is 0 Å². The van der Waals surface area contributed by atoms with Gasteiger partial charge in [0.25, 0.3) is 5.91 Å². The number of carbonyl (C=O) groups excluding carboxylic acids is 1. The molecule has 0 bridgehead atoms. The number of carbonyl (C=O) groups is 1. The van der Waals surface area contributed by atoms with Crippen LogP contribution in [0.25, 0.3) is 0 Å². The summed E-state index contributed by atoms with van der Waals surface area (Å²) in [4.78, 5) is 13.1. The van der Waals surface area contributed by atoms with Gasteiger partial charge in [0, 0.05) is 11.5 Å². The fourth-order valence-corrected chi connectivity index (χ4v) is 5.69. The number of thiophene rings is 1. The molecule has 3 heterocycles. The fourth-order valence-electron chi connectivity index (χ4n) is 2.72. The highest BCUT2D eigenvalue weighted by Crippen LogP contribution is 2.31. The Morgan fingerprint density at radius 2 is 2.12 bits per heavy atom. The topological polar surface area (TPSA) is 81.1 Å².